The van der Waals surface area contributed by atoms with Gasteiger partial charge in [0, 0.05) is 6.07 Å². The summed E-state index contributed by atoms with van der Waals surface area (Å²) in [6, 6.07) is 14.7. The third kappa shape index (κ3) is 2.77. The first-order valence-corrected chi connectivity index (χ1v) is 5.51. The SMILES string of the molecule is Cc1ccc(Oc2ccc(C#N)c(Cl)c2)cc1. The van der Waals surface area contributed by atoms with E-state index in [0.29, 0.717) is 16.3 Å². The molecule has 0 bridgehead atoms. The summed E-state index contributed by atoms with van der Waals surface area (Å²) < 4.78 is 5.62. The molecule has 2 rings (SSSR count). The number of rotatable bonds is 2. The van der Waals surface area contributed by atoms with E-state index in [1.54, 1.807) is 18.2 Å². The van der Waals surface area contributed by atoms with Crippen molar-refractivity contribution < 1.29 is 4.74 Å². The molecule has 0 aliphatic rings. The number of nitrogens with zero attached hydrogens (tertiary/aromatic N) is 1. The van der Waals surface area contributed by atoms with E-state index in [0.717, 1.165) is 5.75 Å². The maximum Gasteiger partial charge on any atom is 0.129 e. The number of benzene rings is 2. The first-order chi connectivity index (χ1) is 8.19. The topological polar surface area (TPSA) is 33.0 Å². The molecule has 0 spiro atoms. The summed E-state index contributed by atoms with van der Waals surface area (Å²) in [6.07, 6.45) is 0. The Morgan fingerprint density at radius 1 is 1.06 bits per heavy atom. The summed E-state index contributed by atoms with van der Waals surface area (Å²) in [5.41, 5.74) is 1.62. The van der Waals surface area contributed by atoms with Crippen LogP contribution in [0.2, 0.25) is 5.02 Å². The molecule has 2 nitrogen and oxygen atoms in total. The molecule has 0 saturated carbocycles. The molecule has 0 radical (unpaired) electrons. The van der Waals surface area contributed by atoms with Crippen LogP contribution < -0.4 is 4.74 Å². The molecule has 84 valence electrons. The predicted octanol–water partition coefficient (Wildman–Crippen LogP) is 4.31. The maximum atomic E-state index is 8.75. The molecule has 0 aliphatic heterocycles. The normalized spacial score (nSPS) is 9.71. The van der Waals surface area contributed by atoms with Gasteiger partial charge in [-0.05, 0) is 31.2 Å². The molecule has 0 N–H and O–H groups in total. The zero-order valence-electron chi connectivity index (χ0n) is 9.27. The first kappa shape index (κ1) is 11.5. The predicted molar refractivity (Wildman–Crippen MR) is 67.4 cm³/mol. The summed E-state index contributed by atoms with van der Waals surface area (Å²) in [6.45, 7) is 2.02. The molecule has 0 aliphatic carbocycles. The van der Waals surface area contributed by atoms with E-state index in [1.807, 2.05) is 37.3 Å². The van der Waals surface area contributed by atoms with Gasteiger partial charge in [-0.2, -0.15) is 5.26 Å². The van der Waals surface area contributed by atoms with Gasteiger partial charge in [-0.3, -0.25) is 0 Å². The summed E-state index contributed by atoms with van der Waals surface area (Å²) in [5, 5.41) is 9.15. The van der Waals surface area contributed by atoms with Crippen molar-refractivity contribution in [3.05, 3.63) is 58.6 Å². The Bertz CT molecular complexity index is 570. The van der Waals surface area contributed by atoms with Gasteiger partial charge in [0.25, 0.3) is 0 Å². The average Bonchev–Trinajstić information content (AvgIpc) is 2.32. The minimum atomic E-state index is 0.400. The lowest BCUT2D eigenvalue weighted by Crippen LogP contribution is -1.85. The molecule has 2 aromatic rings. The Hall–Kier alpha value is -1.98. The lowest BCUT2D eigenvalue weighted by Gasteiger charge is -2.06. The van der Waals surface area contributed by atoms with Crippen molar-refractivity contribution in [1.29, 1.82) is 5.26 Å². The van der Waals surface area contributed by atoms with E-state index in [1.165, 1.54) is 5.56 Å². The second-order valence-corrected chi connectivity index (χ2v) is 4.08. The van der Waals surface area contributed by atoms with E-state index >= 15 is 0 Å². The van der Waals surface area contributed by atoms with Crippen LogP contribution in [0.25, 0.3) is 0 Å². The number of aryl methyl sites for hydroxylation is 1. The van der Waals surface area contributed by atoms with Crippen LogP contribution in [0.4, 0.5) is 0 Å². The van der Waals surface area contributed by atoms with Gasteiger partial charge < -0.3 is 4.74 Å². The lowest BCUT2D eigenvalue weighted by molar-refractivity contribution is 0.482. The Balaban J connectivity index is 2.22. The van der Waals surface area contributed by atoms with Crippen LogP contribution in [0, 0.1) is 18.3 Å². The number of ether oxygens (including phenoxy) is 1. The fourth-order valence-corrected chi connectivity index (χ4v) is 1.61. The largest absolute Gasteiger partial charge is 0.457 e. The molecule has 17 heavy (non-hydrogen) atoms. The van der Waals surface area contributed by atoms with Crippen molar-refractivity contribution in [2.24, 2.45) is 0 Å². The van der Waals surface area contributed by atoms with Gasteiger partial charge in [0.05, 0.1) is 10.6 Å². The highest BCUT2D eigenvalue weighted by Gasteiger charge is 2.02. The molecule has 0 atom stereocenters. The molecule has 2 aromatic carbocycles. The number of halogens is 1. The molecule has 0 amide bonds. The van der Waals surface area contributed by atoms with Crippen molar-refractivity contribution >= 4 is 11.6 Å². The highest BCUT2D eigenvalue weighted by molar-refractivity contribution is 6.31. The summed E-state index contributed by atoms with van der Waals surface area (Å²) >= 11 is 5.92. The quantitative estimate of drug-likeness (QED) is 0.787. The van der Waals surface area contributed by atoms with Gasteiger partial charge in [-0.15, -0.1) is 0 Å². The third-order valence-corrected chi connectivity index (χ3v) is 2.63. The fraction of sp³-hybridized carbons (Fsp3) is 0.0714. The zero-order chi connectivity index (χ0) is 12.3. The maximum absolute atomic E-state index is 8.75. The molecular weight excluding hydrogens is 234 g/mol. The van der Waals surface area contributed by atoms with Crippen LogP contribution >= 0.6 is 11.6 Å². The van der Waals surface area contributed by atoms with Crippen LogP contribution in [-0.4, -0.2) is 0 Å². The van der Waals surface area contributed by atoms with E-state index in [9.17, 15) is 0 Å². The first-order valence-electron chi connectivity index (χ1n) is 5.13. The Kier molecular flexibility index (Phi) is 3.32. The van der Waals surface area contributed by atoms with E-state index in [-0.39, 0.29) is 0 Å². The van der Waals surface area contributed by atoms with Crippen LogP contribution in [-0.2, 0) is 0 Å². The van der Waals surface area contributed by atoms with E-state index < -0.39 is 0 Å². The molecule has 0 unspecified atom stereocenters. The van der Waals surface area contributed by atoms with Gasteiger partial charge in [-0.25, -0.2) is 0 Å². The van der Waals surface area contributed by atoms with E-state index in [4.69, 9.17) is 21.6 Å². The number of hydrogen-bond acceptors (Lipinski definition) is 2. The fourth-order valence-electron chi connectivity index (χ4n) is 1.39. The third-order valence-electron chi connectivity index (χ3n) is 2.32. The molecule has 0 saturated heterocycles. The van der Waals surface area contributed by atoms with Crippen molar-refractivity contribution in [3.63, 3.8) is 0 Å². The average molecular weight is 244 g/mol. The van der Waals surface area contributed by atoms with Gasteiger partial charge in [-0.1, -0.05) is 29.3 Å². The standard InChI is InChI=1S/C14H10ClNO/c1-10-2-5-12(6-3-10)17-13-7-4-11(9-16)14(15)8-13/h2-8H,1H3. The molecule has 0 heterocycles. The van der Waals surface area contributed by atoms with Gasteiger partial charge in [0.1, 0.15) is 17.6 Å². The zero-order valence-corrected chi connectivity index (χ0v) is 10.0. The second kappa shape index (κ2) is 4.90. The van der Waals surface area contributed by atoms with Gasteiger partial charge in [0.2, 0.25) is 0 Å². The van der Waals surface area contributed by atoms with Crippen molar-refractivity contribution in [2.45, 2.75) is 6.92 Å². The molecular formula is C14H10ClNO. The van der Waals surface area contributed by atoms with Crippen LogP contribution in [0.5, 0.6) is 11.5 Å². The molecule has 3 heteroatoms. The Morgan fingerprint density at radius 3 is 2.29 bits per heavy atom. The highest BCUT2D eigenvalue weighted by Crippen LogP contribution is 2.26. The van der Waals surface area contributed by atoms with Crippen LogP contribution in [0.3, 0.4) is 0 Å². The minimum absolute atomic E-state index is 0.400. The van der Waals surface area contributed by atoms with Crippen molar-refractivity contribution in [2.75, 3.05) is 0 Å². The number of hydrogen-bond donors (Lipinski definition) is 0. The Morgan fingerprint density at radius 2 is 1.71 bits per heavy atom. The molecule has 0 fully saturated rings. The smallest absolute Gasteiger partial charge is 0.129 e. The van der Waals surface area contributed by atoms with E-state index in [2.05, 4.69) is 0 Å². The molecule has 0 aromatic heterocycles. The number of nitriles is 1. The highest BCUT2D eigenvalue weighted by atomic mass is 35.5. The van der Waals surface area contributed by atoms with Crippen LogP contribution in [0.1, 0.15) is 11.1 Å². The van der Waals surface area contributed by atoms with Gasteiger partial charge >= 0.3 is 0 Å². The Labute approximate surface area is 105 Å². The van der Waals surface area contributed by atoms with Crippen molar-refractivity contribution in [3.8, 4) is 17.6 Å². The lowest BCUT2D eigenvalue weighted by atomic mass is 10.2. The monoisotopic (exact) mass is 243 g/mol. The second-order valence-electron chi connectivity index (χ2n) is 3.67. The van der Waals surface area contributed by atoms with Crippen molar-refractivity contribution in [1.82, 2.24) is 0 Å². The summed E-state index contributed by atoms with van der Waals surface area (Å²) in [7, 11) is 0. The van der Waals surface area contributed by atoms with Gasteiger partial charge in [0.15, 0.2) is 0 Å². The summed E-state index contributed by atoms with van der Waals surface area (Å²) in [5.74, 6) is 1.37. The van der Waals surface area contributed by atoms with Crippen LogP contribution in [0.15, 0.2) is 42.5 Å². The summed E-state index contributed by atoms with van der Waals surface area (Å²) in [4.78, 5) is 0. The minimum Gasteiger partial charge on any atom is -0.457 e.